The number of ether oxygens (including phenoxy) is 1. The highest BCUT2D eigenvalue weighted by atomic mass is 35.5. The number of aromatic nitrogens is 3. The van der Waals surface area contributed by atoms with Crippen molar-refractivity contribution in [2.24, 2.45) is 0 Å². The van der Waals surface area contributed by atoms with Gasteiger partial charge in [0.15, 0.2) is 0 Å². The molecule has 0 radical (unpaired) electrons. The van der Waals surface area contributed by atoms with Gasteiger partial charge in [0.05, 0.1) is 28.3 Å². The van der Waals surface area contributed by atoms with Crippen LogP contribution in [0.2, 0.25) is 10.0 Å². The summed E-state index contributed by atoms with van der Waals surface area (Å²) in [4.78, 5) is 18.2. The lowest BCUT2D eigenvalue weighted by Gasteiger charge is -2.37. The van der Waals surface area contributed by atoms with Crippen LogP contribution in [0.1, 0.15) is 66.1 Å². The van der Waals surface area contributed by atoms with E-state index < -0.39 is 5.97 Å². The van der Waals surface area contributed by atoms with E-state index in [0.29, 0.717) is 51.2 Å². The number of rotatable bonds is 8. The number of nitrogens with zero attached hydrogens (tertiary/aromatic N) is 4. The minimum Gasteiger partial charge on any atom is -0.478 e. The molecular weight excluding hydrogens is 555 g/mol. The van der Waals surface area contributed by atoms with E-state index >= 15 is 0 Å². The van der Waals surface area contributed by atoms with Gasteiger partial charge in [0.25, 0.3) is 0 Å². The van der Waals surface area contributed by atoms with Crippen molar-refractivity contribution in [3.8, 4) is 22.6 Å². The first kappa shape index (κ1) is 25.6. The fourth-order valence-corrected chi connectivity index (χ4v) is 6.63. The average molecular weight is 581 g/mol. The van der Waals surface area contributed by atoms with Crippen LogP contribution in [0.3, 0.4) is 0 Å². The number of halogens is 2. The molecule has 2 saturated heterocycles. The molecule has 1 aliphatic carbocycles. The van der Waals surface area contributed by atoms with Gasteiger partial charge in [-0.2, -0.15) is 4.98 Å². The number of hydrogen-bond donors (Lipinski definition) is 1. The summed E-state index contributed by atoms with van der Waals surface area (Å²) in [5.41, 5.74) is 3.05. The Balaban J connectivity index is 1.07. The second kappa shape index (κ2) is 10.2. The van der Waals surface area contributed by atoms with Crippen molar-refractivity contribution in [2.75, 3.05) is 4.90 Å². The Hall–Kier alpha value is -3.40. The molecule has 11 heteroatoms. The van der Waals surface area contributed by atoms with Crippen LogP contribution in [-0.4, -0.2) is 44.6 Å². The number of aromatic carboxylic acids is 1. The van der Waals surface area contributed by atoms with Gasteiger partial charge in [0.1, 0.15) is 11.5 Å². The first-order chi connectivity index (χ1) is 19.5. The van der Waals surface area contributed by atoms with Gasteiger partial charge >= 0.3 is 12.0 Å². The molecule has 0 spiro atoms. The van der Waals surface area contributed by atoms with Crippen LogP contribution in [0.4, 0.5) is 6.01 Å². The Morgan fingerprint density at radius 2 is 1.73 bits per heavy atom. The van der Waals surface area contributed by atoms with Crippen molar-refractivity contribution in [3.63, 3.8) is 0 Å². The molecule has 3 aliphatic rings. The third kappa shape index (κ3) is 4.66. The molecule has 3 fully saturated rings. The normalized spacial score (nSPS) is 22.1. The van der Waals surface area contributed by atoms with Crippen molar-refractivity contribution in [1.82, 2.24) is 15.3 Å². The average Bonchev–Trinajstić information content (AvgIpc) is 3.41. The van der Waals surface area contributed by atoms with E-state index in [1.807, 2.05) is 6.07 Å². The highest BCUT2D eigenvalue weighted by molar-refractivity contribution is 6.39. The quantitative estimate of drug-likeness (QED) is 0.235. The van der Waals surface area contributed by atoms with E-state index in [0.717, 1.165) is 49.8 Å². The molecule has 4 heterocycles. The van der Waals surface area contributed by atoms with E-state index in [1.165, 1.54) is 6.07 Å². The van der Waals surface area contributed by atoms with Gasteiger partial charge in [-0.15, -0.1) is 0 Å². The van der Waals surface area contributed by atoms with Crippen LogP contribution in [0.25, 0.3) is 22.6 Å². The van der Waals surface area contributed by atoms with E-state index in [2.05, 4.69) is 20.2 Å². The van der Waals surface area contributed by atoms with E-state index in [1.54, 1.807) is 30.3 Å². The van der Waals surface area contributed by atoms with Crippen molar-refractivity contribution in [1.29, 1.82) is 0 Å². The number of fused-ring (bicyclic) bond motifs is 2. The number of carbonyl (C=O) groups is 1. The highest BCUT2D eigenvalue weighted by Gasteiger charge is 2.44. The van der Waals surface area contributed by atoms with Gasteiger partial charge in [-0.1, -0.05) is 51.7 Å². The molecule has 1 N–H and O–H groups in total. The SMILES string of the molecule is O=C(O)c1cccc(-c2noc(N3[C@@H]4CC[C@H]3C[C@@H](OCc3c(-c5c(Cl)cccc5Cl)noc3C3CC3)C4)n2)c1. The van der Waals surface area contributed by atoms with Gasteiger partial charge in [0.2, 0.25) is 5.82 Å². The summed E-state index contributed by atoms with van der Waals surface area (Å²) in [5.74, 6) is 0.615. The number of piperidine rings is 1. The lowest BCUT2D eigenvalue weighted by molar-refractivity contribution is 0.0138. The Morgan fingerprint density at radius 1 is 1.00 bits per heavy atom. The summed E-state index contributed by atoms with van der Waals surface area (Å²) < 4.78 is 18.0. The Kier molecular flexibility index (Phi) is 6.53. The molecule has 2 aromatic carbocycles. The zero-order valence-corrected chi connectivity index (χ0v) is 22.9. The largest absolute Gasteiger partial charge is 0.478 e. The molecule has 1 saturated carbocycles. The van der Waals surface area contributed by atoms with Crippen LogP contribution in [0.5, 0.6) is 0 Å². The number of hydrogen-bond acceptors (Lipinski definition) is 8. The third-order valence-corrected chi connectivity index (χ3v) is 8.75. The first-order valence-electron chi connectivity index (χ1n) is 13.5. The summed E-state index contributed by atoms with van der Waals surface area (Å²) >= 11 is 13.0. The van der Waals surface area contributed by atoms with Gasteiger partial charge in [-0.25, -0.2) is 4.79 Å². The molecule has 2 aliphatic heterocycles. The lowest BCUT2D eigenvalue weighted by atomic mass is 9.99. The minimum atomic E-state index is -0.997. The molecule has 206 valence electrons. The zero-order chi connectivity index (χ0) is 27.4. The van der Waals surface area contributed by atoms with E-state index in [4.69, 9.17) is 37.0 Å². The maximum Gasteiger partial charge on any atom is 0.335 e. The van der Waals surface area contributed by atoms with Crippen LogP contribution < -0.4 is 4.90 Å². The standard InChI is InChI=1S/C29H26Cl2N4O5/c30-22-5-2-6-23(31)24(22)25-21(26(39-33-25)15-7-8-15)14-38-20-12-18-9-10-19(13-20)35(18)29-32-27(34-40-29)16-3-1-4-17(11-16)28(36)37/h1-6,11,15,18-20H,7-10,12-14H2,(H,36,37)/t18-,19+,20+. The van der Waals surface area contributed by atoms with Gasteiger partial charge in [0, 0.05) is 34.7 Å². The third-order valence-electron chi connectivity index (χ3n) is 8.12. The number of carboxylic acid groups (broad SMARTS) is 1. The molecule has 0 amide bonds. The van der Waals surface area contributed by atoms with E-state index in [-0.39, 0.29) is 23.8 Å². The van der Waals surface area contributed by atoms with Crippen molar-refractivity contribution in [3.05, 3.63) is 69.4 Å². The maximum atomic E-state index is 11.4. The highest BCUT2D eigenvalue weighted by Crippen LogP contribution is 2.47. The Labute approximate surface area is 240 Å². The molecular formula is C29H26Cl2N4O5. The lowest BCUT2D eigenvalue weighted by Crippen LogP contribution is -2.45. The van der Waals surface area contributed by atoms with Gasteiger partial charge in [-0.05, 0) is 62.8 Å². The van der Waals surface area contributed by atoms with Gasteiger partial charge in [-0.3, -0.25) is 0 Å². The smallest absolute Gasteiger partial charge is 0.335 e. The monoisotopic (exact) mass is 580 g/mol. The Bertz CT molecular complexity index is 1550. The second-order valence-electron chi connectivity index (χ2n) is 10.7. The van der Waals surface area contributed by atoms with Crippen molar-refractivity contribution >= 4 is 35.2 Å². The number of carboxylic acids is 1. The first-order valence-corrected chi connectivity index (χ1v) is 14.2. The van der Waals surface area contributed by atoms with Crippen LogP contribution in [-0.2, 0) is 11.3 Å². The molecule has 40 heavy (non-hydrogen) atoms. The second-order valence-corrected chi connectivity index (χ2v) is 11.5. The molecule has 4 aromatic rings. The predicted octanol–water partition coefficient (Wildman–Crippen LogP) is 6.99. The summed E-state index contributed by atoms with van der Waals surface area (Å²) in [6.45, 7) is 0.376. The molecule has 3 atom stereocenters. The predicted molar refractivity (Wildman–Crippen MR) is 148 cm³/mol. The van der Waals surface area contributed by atoms with Crippen LogP contribution in [0, 0.1) is 0 Å². The Morgan fingerprint density at radius 3 is 2.42 bits per heavy atom. The molecule has 9 nitrogen and oxygen atoms in total. The van der Waals surface area contributed by atoms with Crippen molar-refractivity contribution in [2.45, 2.75) is 69.2 Å². The summed E-state index contributed by atoms with van der Waals surface area (Å²) in [5, 5.41) is 18.9. The number of anilines is 1. The maximum absolute atomic E-state index is 11.4. The topological polar surface area (TPSA) is 115 Å². The minimum absolute atomic E-state index is 0.0555. The van der Waals surface area contributed by atoms with Crippen molar-refractivity contribution < 1.29 is 23.7 Å². The zero-order valence-electron chi connectivity index (χ0n) is 21.4. The fourth-order valence-electron chi connectivity index (χ4n) is 6.05. The van der Waals surface area contributed by atoms with Crippen LogP contribution in [0.15, 0.2) is 51.5 Å². The number of benzene rings is 2. The summed E-state index contributed by atoms with van der Waals surface area (Å²) in [6.07, 6.45) is 5.89. The van der Waals surface area contributed by atoms with E-state index in [9.17, 15) is 9.90 Å². The molecule has 2 aromatic heterocycles. The summed E-state index contributed by atoms with van der Waals surface area (Å²) in [6, 6.07) is 12.9. The molecule has 2 bridgehead atoms. The van der Waals surface area contributed by atoms with Crippen LogP contribution >= 0.6 is 23.2 Å². The fraction of sp³-hybridized carbons (Fsp3) is 0.379. The molecule has 7 rings (SSSR count). The molecule has 0 unspecified atom stereocenters. The van der Waals surface area contributed by atoms with Gasteiger partial charge < -0.3 is 23.8 Å². The summed E-state index contributed by atoms with van der Waals surface area (Å²) in [7, 11) is 0.